The Balaban J connectivity index is 2.37. The molecule has 116 valence electrons. The molecule has 1 fully saturated rings. The summed E-state index contributed by atoms with van der Waals surface area (Å²) in [6.07, 6.45) is 3.44. The predicted molar refractivity (Wildman–Crippen MR) is 77.2 cm³/mol. The van der Waals surface area contributed by atoms with Crippen molar-refractivity contribution < 1.29 is 14.7 Å². The number of likely N-dealkylation sites (N-methyl/N-ethyl adjacent to an activating group) is 1. The van der Waals surface area contributed by atoms with E-state index in [1.165, 1.54) is 0 Å². The van der Waals surface area contributed by atoms with Crippen molar-refractivity contribution in [3.8, 4) is 0 Å². The first-order chi connectivity index (χ1) is 9.30. The lowest BCUT2D eigenvalue weighted by molar-refractivity contribution is -0.135. The van der Waals surface area contributed by atoms with Crippen LogP contribution in [0.2, 0.25) is 0 Å². The fourth-order valence-corrected chi connectivity index (χ4v) is 2.46. The number of likely N-dealkylation sites (tertiary alicyclic amines) is 1. The standard InChI is InChI=1S/C14H27N3O3/c1-14(20,11-16(2)3)10-15-12(18)9-17-8-6-4-5-7-13(17)19/h20H,4-11H2,1-3H3,(H,15,18). The summed E-state index contributed by atoms with van der Waals surface area (Å²) >= 11 is 0. The van der Waals surface area contributed by atoms with Gasteiger partial charge < -0.3 is 20.2 Å². The average Bonchev–Trinajstić information content (AvgIpc) is 2.51. The topological polar surface area (TPSA) is 72.9 Å². The molecule has 1 rings (SSSR count). The Morgan fingerprint density at radius 2 is 2.10 bits per heavy atom. The van der Waals surface area contributed by atoms with Gasteiger partial charge in [-0.15, -0.1) is 0 Å². The molecule has 0 spiro atoms. The SMILES string of the molecule is CN(C)CC(C)(O)CNC(=O)CN1CCCCCC1=O. The van der Waals surface area contributed by atoms with E-state index in [1.807, 2.05) is 19.0 Å². The van der Waals surface area contributed by atoms with E-state index in [2.05, 4.69) is 5.32 Å². The number of carbonyl (C=O) groups is 2. The zero-order valence-electron chi connectivity index (χ0n) is 12.8. The van der Waals surface area contributed by atoms with Crippen LogP contribution in [0, 0.1) is 0 Å². The zero-order chi connectivity index (χ0) is 15.2. The fraction of sp³-hybridized carbons (Fsp3) is 0.857. The molecule has 20 heavy (non-hydrogen) atoms. The van der Waals surface area contributed by atoms with Crippen molar-refractivity contribution in [3.05, 3.63) is 0 Å². The van der Waals surface area contributed by atoms with Crippen LogP contribution in [0.5, 0.6) is 0 Å². The number of hydrogen-bond donors (Lipinski definition) is 2. The van der Waals surface area contributed by atoms with Gasteiger partial charge in [0.1, 0.15) is 0 Å². The van der Waals surface area contributed by atoms with Crippen molar-refractivity contribution in [2.45, 2.75) is 38.2 Å². The third-order valence-electron chi connectivity index (χ3n) is 3.33. The van der Waals surface area contributed by atoms with Gasteiger partial charge in [0, 0.05) is 26.1 Å². The van der Waals surface area contributed by atoms with Gasteiger partial charge in [0.25, 0.3) is 0 Å². The van der Waals surface area contributed by atoms with Crippen molar-refractivity contribution in [3.63, 3.8) is 0 Å². The summed E-state index contributed by atoms with van der Waals surface area (Å²) in [5.74, 6) is -0.156. The van der Waals surface area contributed by atoms with Gasteiger partial charge in [0.2, 0.25) is 11.8 Å². The van der Waals surface area contributed by atoms with Crippen molar-refractivity contribution in [1.29, 1.82) is 0 Å². The summed E-state index contributed by atoms with van der Waals surface area (Å²) in [6.45, 7) is 3.09. The Kier molecular flexibility index (Phi) is 6.42. The smallest absolute Gasteiger partial charge is 0.239 e. The highest BCUT2D eigenvalue weighted by Crippen LogP contribution is 2.10. The van der Waals surface area contributed by atoms with Gasteiger partial charge in [-0.3, -0.25) is 9.59 Å². The van der Waals surface area contributed by atoms with Crippen LogP contribution in [0.3, 0.4) is 0 Å². The highest BCUT2D eigenvalue weighted by atomic mass is 16.3. The molecule has 1 aliphatic rings. The predicted octanol–water partition coefficient (Wildman–Crippen LogP) is -0.182. The Bertz CT molecular complexity index is 343. The molecule has 1 heterocycles. The van der Waals surface area contributed by atoms with Crippen LogP contribution in [0.25, 0.3) is 0 Å². The molecule has 1 aliphatic heterocycles. The van der Waals surface area contributed by atoms with E-state index < -0.39 is 5.60 Å². The highest BCUT2D eigenvalue weighted by molar-refractivity contribution is 5.84. The first-order valence-electron chi connectivity index (χ1n) is 7.22. The van der Waals surface area contributed by atoms with Gasteiger partial charge in [0.15, 0.2) is 0 Å². The number of rotatable bonds is 6. The molecule has 6 heteroatoms. The molecule has 2 amide bonds. The molecule has 2 N–H and O–H groups in total. The second kappa shape index (κ2) is 7.59. The Labute approximate surface area is 121 Å². The Hall–Kier alpha value is -1.14. The Morgan fingerprint density at radius 3 is 2.75 bits per heavy atom. The second-order valence-electron chi connectivity index (χ2n) is 6.14. The number of aliphatic hydroxyl groups is 1. The molecule has 0 aliphatic carbocycles. The van der Waals surface area contributed by atoms with Gasteiger partial charge in [-0.05, 0) is 33.9 Å². The molecule has 0 saturated carbocycles. The number of carbonyl (C=O) groups excluding carboxylic acids is 2. The van der Waals surface area contributed by atoms with Crippen LogP contribution >= 0.6 is 0 Å². The third-order valence-corrected chi connectivity index (χ3v) is 3.33. The lowest BCUT2D eigenvalue weighted by Crippen LogP contribution is -2.49. The Morgan fingerprint density at radius 1 is 1.40 bits per heavy atom. The first-order valence-corrected chi connectivity index (χ1v) is 7.22. The quantitative estimate of drug-likeness (QED) is 0.710. The minimum Gasteiger partial charge on any atom is -0.387 e. The maximum absolute atomic E-state index is 11.9. The molecular weight excluding hydrogens is 258 g/mol. The monoisotopic (exact) mass is 285 g/mol. The van der Waals surface area contributed by atoms with Gasteiger partial charge >= 0.3 is 0 Å². The van der Waals surface area contributed by atoms with E-state index in [1.54, 1.807) is 11.8 Å². The molecule has 0 aromatic heterocycles. The lowest BCUT2D eigenvalue weighted by Gasteiger charge is -2.27. The maximum Gasteiger partial charge on any atom is 0.239 e. The van der Waals surface area contributed by atoms with E-state index in [0.717, 1.165) is 19.3 Å². The first kappa shape index (κ1) is 16.9. The van der Waals surface area contributed by atoms with Crippen molar-refractivity contribution in [2.24, 2.45) is 0 Å². The van der Waals surface area contributed by atoms with E-state index in [9.17, 15) is 14.7 Å². The summed E-state index contributed by atoms with van der Waals surface area (Å²) in [5.41, 5.74) is -0.970. The van der Waals surface area contributed by atoms with Crippen LogP contribution in [-0.4, -0.2) is 72.6 Å². The van der Waals surface area contributed by atoms with E-state index >= 15 is 0 Å². The fourth-order valence-electron chi connectivity index (χ4n) is 2.46. The molecular formula is C14H27N3O3. The largest absolute Gasteiger partial charge is 0.387 e. The minimum atomic E-state index is -0.970. The summed E-state index contributed by atoms with van der Waals surface area (Å²) in [5, 5.41) is 12.8. The van der Waals surface area contributed by atoms with E-state index in [-0.39, 0.29) is 24.9 Å². The van der Waals surface area contributed by atoms with Crippen molar-refractivity contribution in [1.82, 2.24) is 15.1 Å². The normalized spacial score (nSPS) is 19.6. The van der Waals surface area contributed by atoms with Gasteiger partial charge in [-0.2, -0.15) is 0 Å². The summed E-state index contributed by atoms with van der Waals surface area (Å²) in [7, 11) is 3.73. The van der Waals surface area contributed by atoms with Crippen LogP contribution < -0.4 is 5.32 Å². The van der Waals surface area contributed by atoms with Gasteiger partial charge in [0.05, 0.1) is 12.1 Å². The molecule has 6 nitrogen and oxygen atoms in total. The molecule has 0 radical (unpaired) electrons. The number of amides is 2. The molecule has 1 saturated heterocycles. The van der Waals surface area contributed by atoms with E-state index in [4.69, 9.17) is 0 Å². The average molecular weight is 285 g/mol. The van der Waals surface area contributed by atoms with E-state index in [0.29, 0.717) is 19.5 Å². The van der Waals surface area contributed by atoms with Crippen LogP contribution in [0.4, 0.5) is 0 Å². The maximum atomic E-state index is 11.9. The van der Waals surface area contributed by atoms with Crippen molar-refractivity contribution in [2.75, 3.05) is 40.3 Å². The minimum absolute atomic E-state index is 0.0534. The molecule has 1 unspecified atom stereocenters. The van der Waals surface area contributed by atoms with Gasteiger partial charge in [-0.25, -0.2) is 0 Å². The number of nitrogens with one attached hydrogen (secondary N) is 1. The number of nitrogens with zero attached hydrogens (tertiary/aromatic N) is 2. The molecule has 0 bridgehead atoms. The molecule has 0 aromatic rings. The zero-order valence-corrected chi connectivity index (χ0v) is 12.8. The number of hydrogen-bond acceptors (Lipinski definition) is 4. The second-order valence-corrected chi connectivity index (χ2v) is 6.14. The summed E-state index contributed by atoms with van der Waals surface area (Å²) < 4.78 is 0. The van der Waals surface area contributed by atoms with Gasteiger partial charge in [-0.1, -0.05) is 6.42 Å². The third kappa shape index (κ3) is 6.34. The highest BCUT2D eigenvalue weighted by Gasteiger charge is 2.24. The molecule has 1 atom stereocenters. The van der Waals surface area contributed by atoms with Crippen LogP contribution in [0.15, 0.2) is 0 Å². The van der Waals surface area contributed by atoms with Crippen LogP contribution in [0.1, 0.15) is 32.6 Å². The lowest BCUT2D eigenvalue weighted by atomic mass is 10.1. The summed E-state index contributed by atoms with van der Waals surface area (Å²) in [6, 6.07) is 0. The van der Waals surface area contributed by atoms with Crippen LogP contribution in [-0.2, 0) is 9.59 Å². The summed E-state index contributed by atoms with van der Waals surface area (Å²) in [4.78, 5) is 27.1. The molecule has 0 aromatic carbocycles. The van der Waals surface area contributed by atoms with Crippen molar-refractivity contribution >= 4 is 11.8 Å².